The summed E-state index contributed by atoms with van der Waals surface area (Å²) in [5, 5.41) is 15.5. The number of hydrogen-bond donors (Lipinski definition) is 1. The molecule has 0 radical (unpaired) electrons. The van der Waals surface area contributed by atoms with E-state index in [4.69, 9.17) is 10.7 Å². The van der Waals surface area contributed by atoms with Crippen LogP contribution in [0, 0.1) is 15.9 Å². The molecule has 8 nitrogen and oxygen atoms in total. The van der Waals surface area contributed by atoms with Crippen LogP contribution in [-0.2, 0) is 9.05 Å². The van der Waals surface area contributed by atoms with Gasteiger partial charge in [-0.3, -0.25) is 10.1 Å². The van der Waals surface area contributed by atoms with Gasteiger partial charge in [-0.25, -0.2) is 17.9 Å². The first-order valence-corrected chi connectivity index (χ1v) is 6.91. The van der Waals surface area contributed by atoms with Crippen molar-refractivity contribution in [1.82, 2.24) is 15.2 Å². The molecule has 0 bridgehead atoms. The number of nitrogens with one attached hydrogen (secondary N) is 1. The van der Waals surface area contributed by atoms with Gasteiger partial charge in [-0.2, -0.15) is 10.1 Å². The molecule has 2 rings (SSSR count). The van der Waals surface area contributed by atoms with Crippen molar-refractivity contribution in [2.75, 3.05) is 0 Å². The predicted molar refractivity (Wildman–Crippen MR) is 61.5 cm³/mol. The highest BCUT2D eigenvalue weighted by Gasteiger charge is 2.19. The number of nitro groups is 1. The molecule has 100 valence electrons. The molecule has 0 saturated heterocycles. The van der Waals surface area contributed by atoms with Crippen LogP contribution in [0.15, 0.2) is 23.4 Å². The van der Waals surface area contributed by atoms with Crippen molar-refractivity contribution in [3.8, 4) is 11.4 Å². The third kappa shape index (κ3) is 2.85. The summed E-state index contributed by atoms with van der Waals surface area (Å²) in [4.78, 5) is 13.3. The van der Waals surface area contributed by atoms with Crippen molar-refractivity contribution in [3.05, 3.63) is 34.1 Å². The van der Waals surface area contributed by atoms with Gasteiger partial charge in [0, 0.05) is 22.3 Å². The number of non-ortho nitro benzene ring substituents is 1. The number of benzene rings is 1. The summed E-state index contributed by atoms with van der Waals surface area (Å²) in [7, 11) is 0.917. The van der Waals surface area contributed by atoms with Crippen molar-refractivity contribution in [1.29, 1.82) is 0 Å². The van der Waals surface area contributed by atoms with Gasteiger partial charge in [-0.1, -0.05) is 0 Å². The van der Waals surface area contributed by atoms with Gasteiger partial charge >= 0.3 is 0 Å². The molecule has 0 amide bonds. The van der Waals surface area contributed by atoms with Crippen LogP contribution in [-0.4, -0.2) is 28.5 Å². The maximum absolute atomic E-state index is 13.2. The van der Waals surface area contributed by atoms with Gasteiger partial charge in [0.25, 0.3) is 19.9 Å². The van der Waals surface area contributed by atoms with Crippen molar-refractivity contribution in [3.63, 3.8) is 0 Å². The second-order valence-corrected chi connectivity index (χ2v) is 5.84. The highest BCUT2D eigenvalue weighted by molar-refractivity contribution is 8.13. The Labute approximate surface area is 109 Å². The first-order valence-electron chi connectivity index (χ1n) is 4.60. The summed E-state index contributed by atoms with van der Waals surface area (Å²) in [5.41, 5.74) is -0.551. The van der Waals surface area contributed by atoms with Crippen molar-refractivity contribution in [2.24, 2.45) is 0 Å². The predicted octanol–water partition coefficient (Wildman–Crippen LogP) is 1.45. The topological polar surface area (TPSA) is 119 Å². The average Bonchev–Trinajstić information content (AvgIpc) is 2.76. The number of rotatable bonds is 3. The maximum Gasteiger partial charge on any atom is 0.296 e. The standard InChI is InChI=1S/C8H4ClFN4O4S/c9-19(17,18)8-11-7(12-13-8)4-1-5(10)3-6(2-4)14(15)16/h1-3H,(H,11,12,13). The van der Waals surface area contributed by atoms with E-state index >= 15 is 0 Å². The number of nitrogens with zero attached hydrogens (tertiary/aromatic N) is 3. The number of halogens is 2. The van der Waals surface area contributed by atoms with E-state index in [1.807, 2.05) is 5.10 Å². The largest absolute Gasteiger partial charge is 0.296 e. The normalized spacial score (nSPS) is 11.5. The second kappa shape index (κ2) is 4.55. The monoisotopic (exact) mass is 306 g/mol. The fourth-order valence-corrected chi connectivity index (χ4v) is 1.85. The SMILES string of the molecule is O=[N+]([O-])c1cc(F)cc(-c2n[nH]c(S(=O)(=O)Cl)n2)c1. The van der Waals surface area contributed by atoms with Gasteiger partial charge in [-0.15, -0.1) is 0 Å². The van der Waals surface area contributed by atoms with Crippen LogP contribution in [0.4, 0.5) is 10.1 Å². The van der Waals surface area contributed by atoms with Crippen molar-refractivity contribution < 1.29 is 17.7 Å². The fourth-order valence-electron chi connectivity index (χ4n) is 1.29. The van der Waals surface area contributed by atoms with E-state index in [0.29, 0.717) is 0 Å². The minimum absolute atomic E-state index is 0.0467. The van der Waals surface area contributed by atoms with Crippen molar-refractivity contribution in [2.45, 2.75) is 5.16 Å². The smallest absolute Gasteiger partial charge is 0.258 e. The van der Waals surface area contributed by atoms with Gasteiger partial charge in [0.2, 0.25) is 0 Å². The third-order valence-electron chi connectivity index (χ3n) is 2.05. The molecule has 0 fully saturated rings. The van der Waals surface area contributed by atoms with E-state index in [1.165, 1.54) is 0 Å². The first-order chi connectivity index (χ1) is 8.77. The van der Waals surface area contributed by atoms with Crippen LogP contribution in [0.3, 0.4) is 0 Å². The zero-order valence-electron chi connectivity index (χ0n) is 8.87. The Kier molecular flexibility index (Phi) is 3.20. The Morgan fingerprint density at radius 3 is 2.58 bits per heavy atom. The molecular weight excluding hydrogens is 303 g/mol. The lowest BCUT2D eigenvalue weighted by molar-refractivity contribution is -0.385. The highest BCUT2D eigenvalue weighted by Crippen LogP contribution is 2.24. The molecule has 1 heterocycles. The van der Waals surface area contributed by atoms with Crippen LogP contribution < -0.4 is 0 Å². The lowest BCUT2D eigenvalue weighted by atomic mass is 10.2. The van der Waals surface area contributed by atoms with Crippen LogP contribution >= 0.6 is 10.7 Å². The first kappa shape index (κ1) is 13.4. The van der Waals surface area contributed by atoms with Crippen LogP contribution in [0.1, 0.15) is 0 Å². The van der Waals surface area contributed by atoms with Crippen LogP contribution in [0.5, 0.6) is 0 Å². The average molecular weight is 307 g/mol. The van der Waals surface area contributed by atoms with E-state index in [1.54, 1.807) is 0 Å². The Hall–Kier alpha value is -2.07. The summed E-state index contributed by atoms with van der Waals surface area (Å²) in [6.07, 6.45) is 0. The number of hydrogen-bond acceptors (Lipinski definition) is 6. The summed E-state index contributed by atoms with van der Waals surface area (Å²) >= 11 is 0. The molecule has 0 spiro atoms. The molecule has 1 N–H and O–H groups in total. The lowest BCUT2D eigenvalue weighted by Crippen LogP contribution is -1.93. The van der Waals surface area contributed by atoms with Gasteiger partial charge in [0.1, 0.15) is 5.82 Å². The van der Waals surface area contributed by atoms with E-state index in [2.05, 4.69) is 10.1 Å². The number of aromatic nitrogens is 3. The van der Waals surface area contributed by atoms with E-state index in [0.717, 1.165) is 18.2 Å². The molecule has 0 atom stereocenters. The molecule has 0 unspecified atom stereocenters. The zero-order valence-corrected chi connectivity index (χ0v) is 10.4. The number of nitro benzene ring substituents is 1. The summed E-state index contributed by atoms with van der Waals surface area (Å²) in [5.74, 6) is -1.09. The summed E-state index contributed by atoms with van der Waals surface area (Å²) < 4.78 is 35.1. The molecule has 0 saturated carbocycles. The van der Waals surface area contributed by atoms with Gasteiger partial charge in [-0.05, 0) is 6.07 Å². The quantitative estimate of drug-likeness (QED) is 0.520. The Morgan fingerprint density at radius 2 is 2.05 bits per heavy atom. The maximum atomic E-state index is 13.2. The number of H-pyrrole nitrogens is 1. The molecule has 0 aliphatic heterocycles. The van der Waals surface area contributed by atoms with Gasteiger partial charge < -0.3 is 0 Å². The second-order valence-electron chi connectivity index (χ2n) is 3.36. The Morgan fingerprint density at radius 1 is 1.37 bits per heavy atom. The van der Waals surface area contributed by atoms with Crippen molar-refractivity contribution >= 4 is 25.4 Å². The fraction of sp³-hybridized carbons (Fsp3) is 0. The Bertz CT molecular complexity index is 760. The van der Waals surface area contributed by atoms with E-state index < -0.39 is 30.6 Å². The minimum atomic E-state index is -4.11. The lowest BCUT2D eigenvalue weighted by Gasteiger charge is -1.96. The van der Waals surface area contributed by atoms with E-state index in [9.17, 15) is 22.9 Å². The van der Waals surface area contributed by atoms with Crippen LogP contribution in [0.25, 0.3) is 11.4 Å². The number of aromatic amines is 1. The van der Waals surface area contributed by atoms with Crippen LogP contribution in [0.2, 0.25) is 0 Å². The summed E-state index contributed by atoms with van der Waals surface area (Å²) in [6.45, 7) is 0. The molecular formula is C8H4ClFN4O4S. The molecule has 1 aromatic carbocycles. The third-order valence-corrected chi connectivity index (χ3v) is 3.13. The highest BCUT2D eigenvalue weighted by atomic mass is 35.7. The minimum Gasteiger partial charge on any atom is -0.258 e. The van der Waals surface area contributed by atoms with E-state index in [-0.39, 0.29) is 11.4 Å². The molecule has 1 aromatic heterocycles. The molecule has 0 aliphatic carbocycles. The van der Waals surface area contributed by atoms with Gasteiger partial charge in [0.05, 0.1) is 11.0 Å². The zero-order chi connectivity index (χ0) is 14.2. The molecule has 11 heteroatoms. The molecule has 2 aromatic rings. The molecule has 0 aliphatic rings. The summed E-state index contributed by atoms with van der Waals surface area (Å²) in [6, 6.07) is 2.66. The molecule has 19 heavy (non-hydrogen) atoms. The Balaban J connectivity index is 2.53. The van der Waals surface area contributed by atoms with Gasteiger partial charge in [0.15, 0.2) is 5.82 Å².